The van der Waals surface area contributed by atoms with Crippen LogP contribution in [0.3, 0.4) is 0 Å². The van der Waals surface area contributed by atoms with E-state index in [1.54, 1.807) is 24.3 Å². The summed E-state index contributed by atoms with van der Waals surface area (Å²) in [5.41, 5.74) is 3.14. The van der Waals surface area contributed by atoms with E-state index in [0.717, 1.165) is 37.3 Å². The average Bonchev–Trinajstić information content (AvgIpc) is 3.00. The molecule has 6 heteroatoms. The number of Topliss-reactive ketones (excluding diaryl/α,β-unsaturated/α-hetero) is 2. The van der Waals surface area contributed by atoms with Gasteiger partial charge in [-0.05, 0) is 59.7 Å². The molecule has 1 aliphatic heterocycles. The summed E-state index contributed by atoms with van der Waals surface area (Å²) >= 11 is 0. The van der Waals surface area contributed by atoms with Crippen LogP contribution in [0.15, 0.2) is 109 Å². The largest absolute Gasteiger partial charge is 0.294 e. The van der Waals surface area contributed by atoms with E-state index in [1.165, 1.54) is 24.3 Å². The number of hydrogen-bond acceptors (Lipinski definition) is 4. The minimum absolute atomic E-state index is 0.0247. The maximum absolute atomic E-state index is 13.4. The fraction of sp³-hybridized carbons (Fsp3) is 0.235. The Morgan fingerprint density at radius 2 is 0.850 bits per heavy atom. The van der Waals surface area contributed by atoms with Crippen LogP contribution in [-0.2, 0) is 0 Å². The number of halogens is 2. The Hall–Kier alpha value is -4.00. The fourth-order valence-corrected chi connectivity index (χ4v) is 5.49. The molecular formula is C34H32F2N2O2. The Morgan fingerprint density at radius 3 is 1.18 bits per heavy atom. The van der Waals surface area contributed by atoms with Crippen molar-refractivity contribution in [3.05, 3.63) is 143 Å². The molecule has 2 atom stereocenters. The van der Waals surface area contributed by atoms with Crippen molar-refractivity contribution in [2.24, 2.45) is 0 Å². The summed E-state index contributed by atoms with van der Waals surface area (Å²) in [4.78, 5) is 31.1. The SMILES string of the molecule is O=C(CC(c1ccccc1)N1CCN(C(CC(=O)c2ccc(F)cc2)c2ccccc2)CC1)c1ccc(F)cc1. The molecule has 1 fully saturated rings. The van der Waals surface area contributed by atoms with Gasteiger partial charge in [0.1, 0.15) is 11.6 Å². The monoisotopic (exact) mass is 538 g/mol. The lowest BCUT2D eigenvalue weighted by Gasteiger charge is -2.42. The van der Waals surface area contributed by atoms with Gasteiger partial charge in [-0.2, -0.15) is 0 Å². The Labute approximate surface area is 233 Å². The molecule has 4 nitrogen and oxygen atoms in total. The third-order valence-corrected chi connectivity index (χ3v) is 7.69. The maximum Gasteiger partial charge on any atom is 0.164 e. The predicted molar refractivity (Wildman–Crippen MR) is 152 cm³/mol. The van der Waals surface area contributed by atoms with Crippen LogP contribution in [0.4, 0.5) is 8.78 Å². The van der Waals surface area contributed by atoms with Crippen LogP contribution in [0.25, 0.3) is 0 Å². The highest BCUT2D eigenvalue weighted by molar-refractivity contribution is 5.97. The van der Waals surface area contributed by atoms with Gasteiger partial charge in [0.25, 0.3) is 0 Å². The molecule has 0 amide bonds. The summed E-state index contributed by atoms with van der Waals surface area (Å²) in [6, 6.07) is 31.2. The topological polar surface area (TPSA) is 40.6 Å². The van der Waals surface area contributed by atoms with Crippen LogP contribution in [0.1, 0.15) is 56.8 Å². The summed E-state index contributed by atoms with van der Waals surface area (Å²) in [5.74, 6) is -0.775. The van der Waals surface area contributed by atoms with Crippen molar-refractivity contribution in [1.82, 2.24) is 9.80 Å². The number of rotatable bonds is 10. The summed E-state index contributed by atoms with van der Waals surface area (Å²) in [7, 11) is 0. The van der Waals surface area contributed by atoms with E-state index in [4.69, 9.17) is 0 Å². The van der Waals surface area contributed by atoms with Gasteiger partial charge < -0.3 is 0 Å². The first-order chi connectivity index (χ1) is 19.5. The molecule has 1 heterocycles. The second-order valence-electron chi connectivity index (χ2n) is 10.2. The minimum Gasteiger partial charge on any atom is -0.294 e. The van der Waals surface area contributed by atoms with E-state index < -0.39 is 0 Å². The molecule has 0 aromatic heterocycles. The van der Waals surface area contributed by atoms with Gasteiger partial charge in [-0.25, -0.2) is 8.78 Å². The molecule has 1 saturated heterocycles. The summed E-state index contributed by atoms with van der Waals surface area (Å²) in [6.45, 7) is 2.91. The van der Waals surface area contributed by atoms with Crippen LogP contribution in [0.2, 0.25) is 0 Å². The molecule has 0 spiro atoms. The van der Waals surface area contributed by atoms with E-state index in [-0.39, 0.29) is 35.3 Å². The first-order valence-corrected chi connectivity index (χ1v) is 13.6. The third kappa shape index (κ3) is 6.76. The summed E-state index contributed by atoms with van der Waals surface area (Å²) < 4.78 is 26.8. The molecule has 0 bridgehead atoms. The smallest absolute Gasteiger partial charge is 0.164 e. The maximum atomic E-state index is 13.4. The summed E-state index contributed by atoms with van der Waals surface area (Å²) in [5, 5.41) is 0. The second-order valence-corrected chi connectivity index (χ2v) is 10.2. The average molecular weight is 539 g/mol. The van der Waals surface area contributed by atoms with Crippen LogP contribution in [-0.4, -0.2) is 47.5 Å². The standard InChI is InChI=1S/C34H32F2N2O2/c35-29-15-11-27(12-16-29)33(39)23-31(25-7-3-1-4-8-25)37-19-21-38(22-20-37)32(26-9-5-2-6-10-26)24-34(40)28-13-17-30(36)18-14-28/h1-18,31-32H,19-24H2. The zero-order valence-corrected chi connectivity index (χ0v) is 22.3. The molecule has 0 radical (unpaired) electrons. The summed E-state index contributed by atoms with van der Waals surface area (Å²) in [6.07, 6.45) is 0.585. The molecule has 2 unspecified atom stereocenters. The van der Waals surface area contributed by atoms with Crippen molar-refractivity contribution >= 4 is 11.6 Å². The van der Waals surface area contributed by atoms with Crippen molar-refractivity contribution in [2.75, 3.05) is 26.2 Å². The van der Waals surface area contributed by atoms with Crippen LogP contribution >= 0.6 is 0 Å². The molecule has 1 aliphatic rings. The van der Waals surface area contributed by atoms with Gasteiger partial charge in [-0.1, -0.05) is 60.7 Å². The molecule has 40 heavy (non-hydrogen) atoms. The van der Waals surface area contributed by atoms with E-state index in [0.29, 0.717) is 24.0 Å². The third-order valence-electron chi connectivity index (χ3n) is 7.69. The number of benzene rings is 4. The first kappa shape index (κ1) is 27.6. The molecule has 4 aromatic carbocycles. The van der Waals surface area contributed by atoms with Gasteiger partial charge >= 0.3 is 0 Å². The minimum atomic E-state index is -0.363. The number of carbonyl (C=O) groups is 2. The quantitative estimate of drug-likeness (QED) is 0.206. The van der Waals surface area contributed by atoms with E-state index >= 15 is 0 Å². The van der Waals surface area contributed by atoms with Gasteiger partial charge in [0.05, 0.1) is 0 Å². The molecule has 0 N–H and O–H groups in total. The number of carbonyl (C=O) groups excluding carboxylic acids is 2. The van der Waals surface area contributed by atoms with Gasteiger partial charge in [-0.3, -0.25) is 19.4 Å². The Bertz CT molecular complexity index is 1290. The fourth-order valence-electron chi connectivity index (χ4n) is 5.49. The lowest BCUT2D eigenvalue weighted by atomic mass is 9.94. The number of piperazine rings is 1. The van der Waals surface area contributed by atoms with Gasteiger partial charge in [0, 0.05) is 62.2 Å². The van der Waals surface area contributed by atoms with Crippen LogP contribution in [0, 0.1) is 11.6 Å². The molecule has 5 rings (SSSR count). The number of nitrogens with zero attached hydrogens (tertiary/aromatic N) is 2. The highest BCUT2D eigenvalue weighted by Gasteiger charge is 2.31. The Balaban J connectivity index is 1.32. The normalized spacial score (nSPS) is 15.8. The highest BCUT2D eigenvalue weighted by Crippen LogP contribution is 2.31. The number of ketones is 2. The zero-order valence-electron chi connectivity index (χ0n) is 22.3. The number of hydrogen-bond donors (Lipinski definition) is 0. The Morgan fingerprint density at radius 1 is 0.525 bits per heavy atom. The first-order valence-electron chi connectivity index (χ1n) is 13.6. The Kier molecular flexibility index (Phi) is 8.89. The zero-order chi connectivity index (χ0) is 27.9. The van der Waals surface area contributed by atoms with Crippen molar-refractivity contribution in [2.45, 2.75) is 24.9 Å². The van der Waals surface area contributed by atoms with Crippen molar-refractivity contribution in [1.29, 1.82) is 0 Å². The van der Waals surface area contributed by atoms with Crippen molar-refractivity contribution in [3.8, 4) is 0 Å². The van der Waals surface area contributed by atoms with Gasteiger partial charge in [0.2, 0.25) is 0 Å². The molecule has 0 aliphatic carbocycles. The van der Waals surface area contributed by atoms with Gasteiger partial charge in [0.15, 0.2) is 11.6 Å². The molecule has 0 saturated carbocycles. The lowest BCUT2D eigenvalue weighted by Crippen LogP contribution is -2.49. The van der Waals surface area contributed by atoms with Gasteiger partial charge in [-0.15, -0.1) is 0 Å². The molecule has 204 valence electrons. The molecular weight excluding hydrogens is 506 g/mol. The van der Waals surface area contributed by atoms with Crippen molar-refractivity contribution in [3.63, 3.8) is 0 Å². The van der Waals surface area contributed by atoms with Crippen molar-refractivity contribution < 1.29 is 18.4 Å². The van der Waals surface area contributed by atoms with E-state index in [2.05, 4.69) is 9.80 Å². The van der Waals surface area contributed by atoms with E-state index in [1.807, 2.05) is 60.7 Å². The lowest BCUT2D eigenvalue weighted by molar-refractivity contribution is 0.0557. The van der Waals surface area contributed by atoms with Crippen LogP contribution < -0.4 is 0 Å². The predicted octanol–water partition coefficient (Wildman–Crippen LogP) is 6.91. The second kappa shape index (κ2) is 12.9. The van der Waals surface area contributed by atoms with Crippen LogP contribution in [0.5, 0.6) is 0 Å². The molecule has 4 aromatic rings. The highest BCUT2D eigenvalue weighted by atomic mass is 19.1. The van der Waals surface area contributed by atoms with E-state index in [9.17, 15) is 18.4 Å².